The number of aromatic nitrogens is 3. The van der Waals surface area contributed by atoms with Crippen molar-refractivity contribution in [1.82, 2.24) is 19.7 Å². The largest absolute Gasteiger partial charge is 0.497 e. The van der Waals surface area contributed by atoms with Gasteiger partial charge in [0.1, 0.15) is 5.75 Å². The molecule has 0 bridgehead atoms. The Kier molecular flexibility index (Phi) is 7.00. The Balaban J connectivity index is 1.59. The van der Waals surface area contributed by atoms with Crippen molar-refractivity contribution in [3.05, 3.63) is 72.6 Å². The molecule has 0 aliphatic carbocycles. The van der Waals surface area contributed by atoms with Crippen LogP contribution in [-0.2, 0) is 6.54 Å². The lowest BCUT2D eigenvalue weighted by atomic mass is 10.0. The number of pyridine rings is 1. The number of nitrogens with one attached hydrogen (secondary N) is 1. The van der Waals surface area contributed by atoms with Crippen LogP contribution in [0, 0.1) is 0 Å². The normalized spacial score (nSPS) is 11.2. The fraction of sp³-hybridized carbons (Fsp3) is 0.269. The van der Waals surface area contributed by atoms with E-state index in [0.717, 1.165) is 54.1 Å². The number of anilines is 1. The highest BCUT2D eigenvalue weighted by molar-refractivity contribution is 6.13. The standard InChI is InChI=1S/C26H29N5O2/c1-4-30(5-2)14-15-31-18-20(17-27-31)28-26(32)23-16-25(19-10-12-21(33-3)13-11-19)29-24-9-7-6-8-22(23)24/h6-13,16-18H,4-5,14-15H2,1-3H3,(H,28,32). The average molecular weight is 444 g/mol. The topological polar surface area (TPSA) is 72.3 Å². The third-order valence-corrected chi connectivity index (χ3v) is 5.78. The lowest BCUT2D eigenvalue weighted by Gasteiger charge is -2.17. The SMILES string of the molecule is CCN(CC)CCn1cc(NC(=O)c2cc(-c3ccc(OC)cc3)nc3ccccc23)cn1. The van der Waals surface area contributed by atoms with E-state index in [4.69, 9.17) is 9.72 Å². The number of rotatable bonds is 9. The maximum Gasteiger partial charge on any atom is 0.256 e. The van der Waals surface area contributed by atoms with E-state index in [1.54, 1.807) is 13.3 Å². The van der Waals surface area contributed by atoms with Gasteiger partial charge in [0.2, 0.25) is 0 Å². The van der Waals surface area contributed by atoms with Crippen LogP contribution in [0.4, 0.5) is 5.69 Å². The van der Waals surface area contributed by atoms with Crippen molar-refractivity contribution in [2.24, 2.45) is 0 Å². The summed E-state index contributed by atoms with van der Waals surface area (Å²) in [5, 5.41) is 8.20. The molecule has 4 aromatic rings. The molecule has 33 heavy (non-hydrogen) atoms. The molecule has 2 aromatic carbocycles. The number of benzene rings is 2. The second-order valence-electron chi connectivity index (χ2n) is 7.77. The van der Waals surface area contributed by atoms with Crippen LogP contribution in [0.2, 0.25) is 0 Å². The molecular weight excluding hydrogens is 414 g/mol. The number of methoxy groups -OCH3 is 1. The minimum atomic E-state index is -0.188. The number of carbonyl (C=O) groups excluding carboxylic acids is 1. The van der Waals surface area contributed by atoms with Crippen LogP contribution in [0.5, 0.6) is 5.75 Å². The number of amides is 1. The van der Waals surface area contributed by atoms with E-state index in [9.17, 15) is 4.79 Å². The number of ether oxygens (including phenoxy) is 1. The van der Waals surface area contributed by atoms with E-state index in [2.05, 4.69) is 29.2 Å². The first-order valence-corrected chi connectivity index (χ1v) is 11.2. The summed E-state index contributed by atoms with van der Waals surface area (Å²) in [6.07, 6.45) is 3.56. The Morgan fingerprint density at radius 3 is 2.58 bits per heavy atom. The summed E-state index contributed by atoms with van der Waals surface area (Å²) in [5.74, 6) is 0.585. The lowest BCUT2D eigenvalue weighted by Crippen LogP contribution is -2.27. The zero-order chi connectivity index (χ0) is 23.2. The minimum Gasteiger partial charge on any atom is -0.497 e. The molecule has 1 N–H and O–H groups in total. The molecule has 0 unspecified atom stereocenters. The molecule has 4 rings (SSSR count). The summed E-state index contributed by atoms with van der Waals surface area (Å²) in [6.45, 7) is 8.01. The smallest absolute Gasteiger partial charge is 0.256 e. The first-order valence-electron chi connectivity index (χ1n) is 11.2. The maximum atomic E-state index is 13.3. The first-order chi connectivity index (χ1) is 16.1. The van der Waals surface area contributed by atoms with Crippen LogP contribution in [0.25, 0.3) is 22.2 Å². The van der Waals surface area contributed by atoms with E-state index in [1.165, 1.54) is 0 Å². The van der Waals surface area contributed by atoms with Crippen molar-refractivity contribution < 1.29 is 9.53 Å². The predicted molar refractivity (Wildman–Crippen MR) is 132 cm³/mol. The Morgan fingerprint density at radius 2 is 1.85 bits per heavy atom. The molecule has 7 heteroatoms. The Bertz CT molecular complexity index is 1230. The third kappa shape index (κ3) is 5.21. The molecule has 0 fully saturated rings. The van der Waals surface area contributed by atoms with Crippen molar-refractivity contribution in [2.45, 2.75) is 20.4 Å². The fourth-order valence-corrected chi connectivity index (χ4v) is 3.81. The van der Waals surface area contributed by atoms with Crippen LogP contribution in [0.15, 0.2) is 67.0 Å². The van der Waals surface area contributed by atoms with Crippen LogP contribution in [0.1, 0.15) is 24.2 Å². The highest BCUT2D eigenvalue weighted by Crippen LogP contribution is 2.27. The number of hydrogen-bond donors (Lipinski definition) is 1. The predicted octanol–water partition coefficient (Wildman–Crippen LogP) is 4.70. The number of hydrogen-bond acceptors (Lipinski definition) is 5. The van der Waals surface area contributed by atoms with E-state index >= 15 is 0 Å². The molecule has 1 amide bonds. The molecule has 2 heterocycles. The summed E-state index contributed by atoms with van der Waals surface area (Å²) >= 11 is 0. The Morgan fingerprint density at radius 1 is 1.09 bits per heavy atom. The second-order valence-corrected chi connectivity index (χ2v) is 7.77. The van der Waals surface area contributed by atoms with Crippen molar-refractivity contribution in [1.29, 1.82) is 0 Å². The highest BCUT2D eigenvalue weighted by Gasteiger charge is 2.15. The van der Waals surface area contributed by atoms with Crippen LogP contribution in [-0.4, -0.2) is 52.3 Å². The molecule has 2 aromatic heterocycles. The van der Waals surface area contributed by atoms with E-state index in [1.807, 2.05) is 65.5 Å². The van der Waals surface area contributed by atoms with Gasteiger partial charge in [-0.1, -0.05) is 32.0 Å². The van der Waals surface area contributed by atoms with E-state index < -0.39 is 0 Å². The number of nitrogens with zero attached hydrogens (tertiary/aromatic N) is 4. The molecule has 0 spiro atoms. The summed E-state index contributed by atoms with van der Waals surface area (Å²) in [4.78, 5) is 20.4. The zero-order valence-corrected chi connectivity index (χ0v) is 19.3. The van der Waals surface area contributed by atoms with Gasteiger partial charge in [-0.3, -0.25) is 9.48 Å². The summed E-state index contributed by atoms with van der Waals surface area (Å²) in [7, 11) is 1.64. The van der Waals surface area contributed by atoms with Gasteiger partial charge in [-0.15, -0.1) is 0 Å². The van der Waals surface area contributed by atoms with Crippen LogP contribution < -0.4 is 10.1 Å². The number of carbonyl (C=O) groups is 1. The van der Waals surface area contributed by atoms with Crippen LogP contribution in [0.3, 0.4) is 0 Å². The van der Waals surface area contributed by atoms with Gasteiger partial charge in [-0.2, -0.15) is 5.10 Å². The third-order valence-electron chi connectivity index (χ3n) is 5.78. The van der Waals surface area contributed by atoms with Gasteiger partial charge >= 0.3 is 0 Å². The molecule has 0 saturated carbocycles. The van der Waals surface area contributed by atoms with Gasteiger partial charge < -0.3 is 15.0 Å². The summed E-state index contributed by atoms with van der Waals surface area (Å²) in [6, 6.07) is 17.2. The molecule has 0 atom stereocenters. The van der Waals surface area contributed by atoms with Gasteiger partial charge in [-0.05, 0) is 49.5 Å². The van der Waals surface area contributed by atoms with Gasteiger partial charge in [0.25, 0.3) is 5.91 Å². The quantitative estimate of drug-likeness (QED) is 0.406. The van der Waals surface area contributed by atoms with E-state index in [-0.39, 0.29) is 5.91 Å². The Labute approximate surface area is 194 Å². The molecule has 7 nitrogen and oxygen atoms in total. The number of para-hydroxylation sites is 1. The fourth-order valence-electron chi connectivity index (χ4n) is 3.81. The highest BCUT2D eigenvalue weighted by atomic mass is 16.5. The number of likely N-dealkylation sites (N-methyl/N-ethyl adjacent to an activating group) is 1. The summed E-state index contributed by atoms with van der Waals surface area (Å²) < 4.78 is 7.12. The first kappa shape index (κ1) is 22.5. The molecule has 170 valence electrons. The zero-order valence-electron chi connectivity index (χ0n) is 19.3. The van der Waals surface area contributed by atoms with Gasteiger partial charge in [-0.25, -0.2) is 4.98 Å². The Hall–Kier alpha value is -3.71. The molecular formula is C26H29N5O2. The lowest BCUT2D eigenvalue weighted by molar-refractivity contribution is 0.102. The minimum absolute atomic E-state index is 0.188. The summed E-state index contributed by atoms with van der Waals surface area (Å²) in [5.41, 5.74) is 3.66. The van der Waals surface area contributed by atoms with Crippen molar-refractivity contribution >= 4 is 22.5 Å². The number of fused-ring (bicyclic) bond motifs is 1. The van der Waals surface area contributed by atoms with Crippen molar-refractivity contribution in [3.63, 3.8) is 0 Å². The monoisotopic (exact) mass is 443 g/mol. The molecule has 0 aliphatic heterocycles. The van der Waals surface area contributed by atoms with Crippen molar-refractivity contribution in [2.75, 3.05) is 32.1 Å². The van der Waals surface area contributed by atoms with E-state index in [0.29, 0.717) is 11.3 Å². The average Bonchev–Trinajstić information content (AvgIpc) is 3.31. The van der Waals surface area contributed by atoms with Crippen LogP contribution >= 0.6 is 0 Å². The molecule has 0 saturated heterocycles. The van der Waals surface area contributed by atoms with Gasteiger partial charge in [0.15, 0.2) is 0 Å². The van der Waals surface area contributed by atoms with Gasteiger partial charge in [0.05, 0.1) is 42.3 Å². The maximum absolute atomic E-state index is 13.3. The van der Waals surface area contributed by atoms with Gasteiger partial charge in [0, 0.05) is 23.7 Å². The van der Waals surface area contributed by atoms with Crippen molar-refractivity contribution in [3.8, 4) is 17.0 Å². The molecule has 0 aliphatic rings. The molecule has 0 radical (unpaired) electrons. The second kappa shape index (κ2) is 10.3.